The Morgan fingerprint density at radius 1 is 1.40 bits per heavy atom. The van der Waals surface area contributed by atoms with Crippen LogP contribution >= 0.6 is 11.5 Å². The Morgan fingerprint density at radius 3 is 2.67 bits per heavy atom. The molecule has 0 bridgehead atoms. The van der Waals surface area contributed by atoms with Crippen LogP contribution in [0.1, 0.15) is 19.5 Å². The Bertz CT molecular complexity index is 238. The maximum absolute atomic E-state index is 5.38. The molecule has 15 heavy (non-hydrogen) atoms. The van der Waals surface area contributed by atoms with E-state index in [1.165, 1.54) is 11.5 Å². The van der Waals surface area contributed by atoms with Crippen LogP contribution in [-0.4, -0.2) is 35.6 Å². The van der Waals surface area contributed by atoms with E-state index in [1.807, 2.05) is 19.2 Å². The molecule has 6 heteroatoms. The first kappa shape index (κ1) is 12.5. The Labute approximate surface area is 94.0 Å². The van der Waals surface area contributed by atoms with Crippen LogP contribution < -0.4 is 5.32 Å². The van der Waals surface area contributed by atoms with Gasteiger partial charge in [-0.2, -0.15) is 0 Å². The van der Waals surface area contributed by atoms with Gasteiger partial charge in [0.1, 0.15) is 0 Å². The summed E-state index contributed by atoms with van der Waals surface area (Å²) in [6, 6.07) is 0. The van der Waals surface area contributed by atoms with E-state index in [9.17, 15) is 0 Å². The SMILES string of the molecule is CCOC(CNCc1csnn1)OCC. The number of ether oxygens (including phenoxy) is 2. The van der Waals surface area contributed by atoms with Crippen LogP contribution in [-0.2, 0) is 16.0 Å². The van der Waals surface area contributed by atoms with E-state index in [4.69, 9.17) is 9.47 Å². The van der Waals surface area contributed by atoms with Gasteiger partial charge in [-0.1, -0.05) is 4.49 Å². The molecule has 1 heterocycles. The summed E-state index contributed by atoms with van der Waals surface area (Å²) in [6.07, 6.45) is -0.174. The quantitative estimate of drug-likeness (QED) is 0.677. The predicted octanol–water partition coefficient (Wildman–Crippen LogP) is 1.03. The van der Waals surface area contributed by atoms with E-state index in [0.29, 0.717) is 26.3 Å². The maximum Gasteiger partial charge on any atom is 0.169 e. The van der Waals surface area contributed by atoms with Crippen LogP contribution in [0.5, 0.6) is 0 Å². The van der Waals surface area contributed by atoms with Crippen LogP contribution in [0.25, 0.3) is 0 Å². The molecule has 0 atom stereocenters. The van der Waals surface area contributed by atoms with E-state index in [1.54, 1.807) is 0 Å². The van der Waals surface area contributed by atoms with Gasteiger partial charge in [0.25, 0.3) is 0 Å². The second-order valence-corrected chi connectivity index (χ2v) is 3.48. The average molecular weight is 231 g/mol. The number of nitrogens with zero attached hydrogens (tertiary/aromatic N) is 2. The van der Waals surface area contributed by atoms with Crippen LogP contribution in [0, 0.1) is 0 Å². The third-order valence-corrected chi connectivity index (χ3v) is 2.28. The lowest BCUT2D eigenvalue weighted by molar-refractivity contribution is -0.133. The number of hydrogen-bond donors (Lipinski definition) is 1. The molecule has 0 aromatic carbocycles. The van der Waals surface area contributed by atoms with Gasteiger partial charge in [0.15, 0.2) is 6.29 Å². The van der Waals surface area contributed by atoms with Gasteiger partial charge in [-0.15, -0.1) is 5.10 Å². The zero-order chi connectivity index (χ0) is 10.9. The third-order valence-electron chi connectivity index (χ3n) is 1.73. The van der Waals surface area contributed by atoms with Crippen molar-refractivity contribution in [2.75, 3.05) is 19.8 Å². The van der Waals surface area contributed by atoms with Gasteiger partial charge >= 0.3 is 0 Å². The summed E-state index contributed by atoms with van der Waals surface area (Å²) in [5, 5.41) is 9.06. The molecule has 0 aliphatic carbocycles. The highest BCUT2D eigenvalue weighted by Crippen LogP contribution is 1.97. The molecule has 0 radical (unpaired) electrons. The minimum absolute atomic E-state index is 0.174. The summed E-state index contributed by atoms with van der Waals surface area (Å²) in [5.74, 6) is 0. The molecule has 0 saturated carbocycles. The molecule has 1 N–H and O–H groups in total. The lowest BCUT2D eigenvalue weighted by atomic mass is 10.4. The van der Waals surface area contributed by atoms with E-state index in [2.05, 4.69) is 14.9 Å². The van der Waals surface area contributed by atoms with E-state index in [-0.39, 0.29) is 6.29 Å². The Hall–Kier alpha value is -0.560. The zero-order valence-corrected chi connectivity index (χ0v) is 9.92. The molecule has 0 fully saturated rings. The van der Waals surface area contributed by atoms with Gasteiger partial charge in [0.05, 0.1) is 5.69 Å². The van der Waals surface area contributed by atoms with Crippen molar-refractivity contribution < 1.29 is 9.47 Å². The molecule has 0 aliphatic heterocycles. The standard InChI is InChI=1S/C9H17N3O2S/c1-3-13-9(14-4-2)6-10-5-8-7-15-12-11-8/h7,9-10H,3-6H2,1-2H3. The van der Waals surface area contributed by atoms with E-state index >= 15 is 0 Å². The molecule has 86 valence electrons. The summed E-state index contributed by atoms with van der Waals surface area (Å²) in [4.78, 5) is 0. The van der Waals surface area contributed by atoms with Crippen molar-refractivity contribution in [3.05, 3.63) is 11.1 Å². The van der Waals surface area contributed by atoms with Crippen molar-refractivity contribution in [3.8, 4) is 0 Å². The van der Waals surface area contributed by atoms with E-state index < -0.39 is 0 Å². The maximum atomic E-state index is 5.38. The monoisotopic (exact) mass is 231 g/mol. The number of rotatable bonds is 8. The first-order valence-corrected chi connectivity index (χ1v) is 5.90. The number of nitrogens with one attached hydrogen (secondary N) is 1. The van der Waals surface area contributed by atoms with Crippen LogP contribution in [0.2, 0.25) is 0 Å². The molecular weight excluding hydrogens is 214 g/mol. The van der Waals surface area contributed by atoms with Gasteiger partial charge in [-0.25, -0.2) is 0 Å². The van der Waals surface area contributed by atoms with Gasteiger partial charge < -0.3 is 14.8 Å². The van der Waals surface area contributed by atoms with Crippen molar-refractivity contribution >= 4 is 11.5 Å². The Kier molecular flexibility index (Phi) is 6.42. The topological polar surface area (TPSA) is 56.3 Å². The van der Waals surface area contributed by atoms with Gasteiger partial charge in [-0.05, 0) is 25.4 Å². The Morgan fingerprint density at radius 2 is 2.13 bits per heavy atom. The molecule has 0 spiro atoms. The summed E-state index contributed by atoms with van der Waals surface area (Å²) >= 11 is 1.36. The summed E-state index contributed by atoms with van der Waals surface area (Å²) in [5.41, 5.74) is 0.951. The molecule has 1 rings (SSSR count). The summed E-state index contributed by atoms with van der Waals surface area (Å²) in [6.45, 7) is 6.59. The Balaban J connectivity index is 2.15. The van der Waals surface area contributed by atoms with Gasteiger partial charge in [-0.3, -0.25) is 0 Å². The molecule has 1 aromatic heterocycles. The highest BCUT2D eigenvalue weighted by Gasteiger charge is 2.07. The second-order valence-electron chi connectivity index (χ2n) is 2.87. The molecule has 1 aromatic rings. The molecular formula is C9H17N3O2S. The van der Waals surface area contributed by atoms with Crippen LogP contribution in [0.3, 0.4) is 0 Å². The highest BCUT2D eigenvalue weighted by atomic mass is 32.1. The minimum atomic E-state index is -0.174. The first-order valence-electron chi connectivity index (χ1n) is 5.06. The van der Waals surface area contributed by atoms with Crippen LogP contribution in [0.4, 0.5) is 0 Å². The summed E-state index contributed by atoms with van der Waals surface area (Å²) < 4.78 is 14.5. The molecule has 0 unspecified atom stereocenters. The van der Waals surface area contributed by atoms with E-state index in [0.717, 1.165) is 5.69 Å². The largest absolute Gasteiger partial charge is 0.352 e. The lowest BCUT2D eigenvalue weighted by Crippen LogP contribution is -2.31. The fraction of sp³-hybridized carbons (Fsp3) is 0.778. The van der Waals surface area contributed by atoms with Crippen LogP contribution in [0.15, 0.2) is 5.38 Å². The minimum Gasteiger partial charge on any atom is -0.352 e. The normalized spacial score (nSPS) is 11.1. The third kappa shape index (κ3) is 5.17. The fourth-order valence-electron chi connectivity index (χ4n) is 1.12. The van der Waals surface area contributed by atoms with Gasteiger partial charge in [0.2, 0.25) is 0 Å². The van der Waals surface area contributed by atoms with Gasteiger partial charge in [0, 0.05) is 31.7 Å². The average Bonchev–Trinajstić information content (AvgIpc) is 2.71. The highest BCUT2D eigenvalue weighted by molar-refractivity contribution is 7.03. The smallest absolute Gasteiger partial charge is 0.169 e. The second kappa shape index (κ2) is 7.70. The van der Waals surface area contributed by atoms with Crippen molar-refractivity contribution in [3.63, 3.8) is 0 Å². The predicted molar refractivity (Wildman–Crippen MR) is 58.7 cm³/mol. The summed E-state index contributed by atoms with van der Waals surface area (Å²) in [7, 11) is 0. The lowest BCUT2D eigenvalue weighted by Gasteiger charge is -2.16. The molecule has 0 aliphatic rings. The van der Waals surface area contributed by atoms with Crippen molar-refractivity contribution in [2.45, 2.75) is 26.7 Å². The molecule has 0 saturated heterocycles. The number of hydrogen-bond acceptors (Lipinski definition) is 6. The van der Waals surface area contributed by atoms with Crippen molar-refractivity contribution in [1.29, 1.82) is 0 Å². The van der Waals surface area contributed by atoms with Crippen molar-refractivity contribution in [2.24, 2.45) is 0 Å². The fourth-order valence-corrected chi connectivity index (χ4v) is 1.57. The first-order chi connectivity index (χ1) is 7.36. The zero-order valence-electron chi connectivity index (χ0n) is 9.10. The van der Waals surface area contributed by atoms with Crippen molar-refractivity contribution in [1.82, 2.24) is 14.9 Å². The molecule has 0 amide bonds. The molecule has 5 nitrogen and oxygen atoms in total. The number of aromatic nitrogens is 2.